The zero-order valence-corrected chi connectivity index (χ0v) is 15.0. The van der Waals surface area contributed by atoms with Crippen molar-refractivity contribution >= 4 is 23.2 Å². The summed E-state index contributed by atoms with van der Waals surface area (Å²) in [6, 6.07) is 14.7. The summed E-state index contributed by atoms with van der Waals surface area (Å²) in [6.07, 6.45) is 0.950. The first-order chi connectivity index (χ1) is 13.6. The standard InChI is InChI=1S/C20H18N4O4/c25-19-16-17(13-5-2-1-3-6-13)21-11-4-12-22(21)18(16)20(26)23(19)14-7-9-15(10-8-14)24(27)28/h1-3,5-10,16-18H,4,11-12H2. The van der Waals surface area contributed by atoms with E-state index >= 15 is 0 Å². The van der Waals surface area contributed by atoms with E-state index in [1.165, 1.54) is 29.2 Å². The largest absolute Gasteiger partial charge is 0.274 e. The molecule has 0 aliphatic carbocycles. The van der Waals surface area contributed by atoms with Gasteiger partial charge < -0.3 is 0 Å². The van der Waals surface area contributed by atoms with Crippen LogP contribution in [-0.4, -0.2) is 45.9 Å². The molecule has 3 aliphatic heterocycles. The smallest absolute Gasteiger partial charge is 0.269 e. The number of nitro benzene ring substituents is 1. The molecule has 0 spiro atoms. The molecule has 28 heavy (non-hydrogen) atoms. The van der Waals surface area contributed by atoms with Gasteiger partial charge in [0, 0.05) is 25.2 Å². The highest BCUT2D eigenvalue weighted by molar-refractivity contribution is 6.24. The summed E-state index contributed by atoms with van der Waals surface area (Å²) >= 11 is 0. The molecule has 0 aromatic heterocycles. The second-order valence-electron chi connectivity index (χ2n) is 7.29. The van der Waals surface area contributed by atoms with Gasteiger partial charge in [-0.3, -0.25) is 19.7 Å². The highest BCUT2D eigenvalue weighted by Crippen LogP contribution is 2.48. The van der Waals surface area contributed by atoms with E-state index in [1.807, 2.05) is 35.3 Å². The Morgan fingerprint density at radius 1 is 0.857 bits per heavy atom. The molecule has 8 nitrogen and oxygen atoms in total. The van der Waals surface area contributed by atoms with E-state index in [1.54, 1.807) is 0 Å². The van der Waals surface area contributed by atoms with Gasteiger partial charge in [0.25, 0.3) is 11.6 Å². The van der Waals surface area contributed by atoms with Crippen molar-refractivity contribution in [3.8, 4) is 0 Å². The third kappa shape index (κ3) is 2.31. The highest BCUT2D eigenvalue weighted by Gasteiger charge is 2.62. The lowest BCUT2D eigenvalue weighted by molar-refractivity contribution is -0.384. The van der Waals surface area contributed by atoms with Crippen molar-refractivity contribution in [2.75, 3.05) is 18.0 Å². The van der Waals surface area contributed by atoms with Crippen molar-refractivity contribution in [2.24, 2.45) is 5.92 Å². The molecule has 142 valence electrons. The number of carbonyl (C=O) groups is 2. The number of carbonyl (C=O) groups excluding carboxylic acids is 2. The Labute approximate surface area is 161 Å². The van der Waals surface area contributed by atoms with Crippen LogP contribution in [0.15, 0.2) is 54.6 Å². The van der Waals surface area contributed by atoms with Crippen LogP contribution in [-0.2, 0) is 9.59 Å². The zero-order chi connectivity index (χ0) is 19.4. The maximum atomic E-state index is 13.3. The van der Waals surface area contributed by atoms with Crippen molar-refractivity contribution in [1.82, 2.24) is 10.0 Å². The number of benzene rings is 2. The van der Waals surface area contributed by atoms with Crippen LogP contribution >= 0.6 is 0 Å². The topological polar surface area (TPSA) is 87.0 Å². The predicted octanol–water partition coefficient (Wildman–Crippen LogP) is 2.13. The van der Waals surface area contributed by atoms with Gasteiger partial charge in [0.15, 0.2) is 0 Å². The van der Waals surface area contributed by atoms with Gasteiger partial charge in [-0.05, 0) is 24.1 Å². The van der Waals surface area contributed by atoms with E-state index in [9.17, 15) is 19.7 Å². The summed E-state index contributed by atoms with van der Waals surface area (Å²) < 4.78 is 0. The van der Waals surface area contributed by atoms with E-state index in [0.29, 0.717) is 5.69 Å². The fourth-order valence-corrected chi connectivity index (χ4v) is 4.74. The van der Waals surface area contributed by atoms with Gasteiger partial charge >= 0.3 is 0 Å². The summed E-state index contributed by atoms with van der Waals surface area (Å²) in [5.41, 5.74) is 1.33. The van der Waals surface area contributed by atoms with Crippen LogP contribution in [0.25, 0.3) is 0 Å². The summed E-state index contributed by atoms with van der Waals surface area (Å²) in [4.78, 5) is 38.2. The first-order valence-electron chi connectivity index (χ1n) is 9.28. The number of imide groups is 1. The minimum Gasteiger partial charge on any atom is -0.274 e. The molecule has 0 radical (unpaired) electrons. The van der Waals surface area contributed by atoms with Gasteiger partial charge in [0.1, 0.15) is 6.04 Å². The fraction of sp³-hybridized carbons (Fsp3) is 0.300. The van der Waals surface area contributed by atoms with Crippen LogP contribution in [0.2, 0.25) is 0 Å². The van der Waals surface area contributed by atoms with Crippen LogP contribution in [0.5, 0.6) is 0 Å². The van der Waals surface area contributed by atoms with Crippen LogP contribution < -0.4 is 4.90 Å². The monoisotopic (exact) mass is 378 g/mol. The number of rotatable bonds is 3. The summed E-state index contributed by atoms with van der Waals surface area (Å²) in [7, 11) is 0. The van der Waals surface area contributed by atoms with Crippen molar-refractivity contribution < 1.29 is 14.5 Å². The van der Waals surface area contributed by atoms with E-state index in [-0.39, 0.29) is 23.5 Å². The summed E-state index contributed by atoms with van der Waals surface area (Å²) in [6.45, 7) is 1.57. The normalized spacial score (nSPS) is 27.3. The van der Waals surface area contributed by atoms with Crippen molar-refractivity contribution in [3.63, 3.8) is 0 Å². The molecule has 8 heteroatoms. The number of amides is 2. The molecule has 0 N–H and O–H groups in total. The molecule has 2 aromatic rings. The maximum absolute atomic E-state index is 13.3. The lowest BCUT2D eigenvalue weighted by Gasteiger charge is -2.29. The molecule has 0 bridgehead atoms. The third-order valence-corrected chi connectivity index (χ3v) is 5.87. The van der Waals surface area contributed by atoms with Gasteiger partial charge in [0.05, 0.1) is 22.6 Å². The Morgan fingerprint density at radius 3 is 2.14 bits per heavy atom. The number of non-ortho nitro benzene ring substituents is 1. The lowest BCUT2D eigenvalue weighted by atomic mass is 9.90. The van der Waals surface area contributed by atoms with Crippen LogP contribution in [0, 0.1) is 16.0 Å². The van der Waals surface area contributed by atoms with Crippen LogP contribution in [0.1, 0.15) is 18.0 Å². The predicted molar refractivity (Wildman–Crippen MR) is 100 cm³/mol. The van der Waals surface area contributed by atoms with Gasteiger partial charge in [-0.25, -0.2) is 14.9 Å². The van der Waals surface area contributed by atoms with Crippen LogP contribution in [0.3, 0.4) is 0 Å². The first kappa shape index (κ1) is 17.0. The van der Waals surface area contributed by atoms with E-state index < -0.39 is 16.9 Å². The van der Waals surface area contributed by atoms with Crippen molar-refractivity contribution in [2.45, 2.75) is 18.5 Å². The zero-order valence-electron chi connectivity index (χ0n) is 15.0. The SMILES string of the molecule is O=C1C2C(C(=O)N1c1ccc([N+](=O)[O-])cc1)N1CCCN1C2c1ccccc1. The molecular formula is C20H18N4O4. The molecule has 0 saturated carbocycles. The number of nitro groups is 1. The molecule has 3 atom stereocenters. The average Bonchev–Trinajstić information content (AvgIpc) is 3.35. The Bertz CT molecular complexity index is 962. The quantitative estimate of drug-likeness (QED) is 0.462. The lowest BCUT2D eigenvalue weighted by Crippen LogP contribution is -2.44. The molecule has 3 fully saturated rings. The van der Waals surface area contributed by atoms with Crippen LogP contribution in [0.4, 0.5) is 11.4 Å². The number of anilines is 1. The van der Waals surface area contributed by atoms with E-state index in [4.69, 9.17) is 0 Å². The Balaban J connectivity index is 1.54. The molecule has 2 amide bonds. The Hall–Kier alpha value is -3.10. The third-order valence-electron chi connectivity index (χ3n) is 5.87. The molecule has 3 heterocycles. The average molecular weight is 378 g/mol. The molecule has 3 saturated heterocycles. The fourth-order valence-electron chi connectivity index (χ4n) is 4.74. The first-order valence-corrected chi connectivity index (χ1v) is 9.28. The second kappa shape index (κ2) is 6.22. The molecule has 3 unspecified atom stereocenters. The number of hydrazine groups is 1. The number of fused-ring (bicyclic) bond motifs is 3. The molecule has 5 rings (SSSR count). The molecular weight excluding hydrogens is 360 g/mol. The minimum atomic E-state index is -0.518. The summed E-state index contributed by atoms with van der Waals surface area (Å²) in [5, 5.41) is 15.1. The highest BCUT2D eigenvalue weighted by atomic mass is 16.6. The second-order valence-corrected chi connectivity index (χ2v) is 7.29. The minimum absolute atomic E-state index is 0.0732. The Kier molecular flexibility index (Phi) is 3.78. The van der Waals surface area contributed by atoms with Gasteiger partial charge in [-0.15, -0.1) is 0 Å². The Morgan fingerprint density at radius 2 is 1.50 bits per heavy atom. The van der Waals surface area contributed by atoms with Crippen molar-refractivity contribution in [1.29, 1.82) is 0 Å². The van der Waals surface area contributed by atoms with Gasteiger partial charge in [0.2, 0.25) is 5.91 Å². The van der Waals surface area contributed by atoms with Crippen molar-refractivity contribution in [3.05, 3.63) is 70.3 Å². The van der Waals surface area contributed by atoms with Gasteiger partial charge in [-0.1, -0.05) is 30.3 Å². The molecule has 3 aliphatic rings. The molecule has 2 aromatic carbocycles. The number of hydrogen-bond donors (Lipinski definition) is 0. The number of nitrogens with zero attached hydrogens (tertiary/aromatic N) is 4. The maximum Gasteiger partial charge on any atom is 0.269 e. The summed E-state index contributed by atoms with van der Waals surface area (Å²) in [5.74, 6) is -0.980. The van der Waals surface area contributed by atoms with Gasteiger partial charge in [-0.2, -0.15) is 0 Å². The number of hydrogen-bond acceptors (Lipinski definition) is 6. The van der Waals surface area contributed by atoms with E-state index in [0.717, 1.165) is 25.1 Å². The van der Waals surface area contributed by atoms with E-state index in [2.05, 4.69) is 5.01 Å².